The number of benzene rings is 2. The zero-order valence-electron chi connectivity index (χ0n) is 16.0. The van der Waals surface area contributed by atoms with E-state index in [0.29, 0.717) is 18.2 Å². The Bertz CT molecular complexity index is 901. The predicted molar refractivity (Wildman–Crippen MR) is 111 cm³/mol. The Hall–Kier alpha value is -3.32. The highest BCUT2D eigenvalue weighted by Gasteiger charge is 2.23. The van der Waals surface area contributed by atoms with Gasteiger partial charge in [0.1, 0.15) is 0 Å². The van der Waals surface area contributed by atoms with E-state index in [1.807, 2.05) is 43.3 Å². The molecule has 1 N–H and O–H groups in total. The van der Waals surface area contributed by atoms with Gasteiger partial charge in [-0.1, -0.05) is 47.9 Å². The minimum absolute atomic E-state index is 0.0487. The van der Waals surface area contributed by atoms with Crippen molar-refractivity contribution in [1.29, 1.82) is 0 Å². The van der Waals surface area contributed by atoms with Crippen molar-refractivity contribution in [2.45, 2.75) is 32.4 Å². The number of aryl methyl sites for hydroxylation is 1. The molecule has 4 nitrogen and oxygen atoms in total. The summed E-state index contributed by atoms with van der Waals surface area (Å²) in [5.41, 5.74) is 3.69. The van der Waals surface area contributed by atoms with Crippen LogP contribution in [0.2, 0.25) is 0 Å². The fourth-order valence-electron chi connectivity index (χ4n) is 2.75. The molecular formula is C24H24N2O2. The van der Waals surface area contributed by atoms with Crippen LogP contribution in [0.25, 0.3) is 6.08 Å². The van der Waals surface area contributed by atoms with Gasteiger partial charge in [-0.2, -0.15) is 0 Å². The molecule has 0 bridgehead atoms. The van der Waals surface area contributed by atoms with Crippen molar-refractivity contribution in [3.8, 4) is 12.3 Å². The molecule has 0 radical (unpaired) electrons. The maximum absolute atomic E-state index is 12.6. The van der Waals surface area contributed by atoms with E-state index in [4.69, 9.17) is 6.42 Å². The van der Waals surface area contributed by atoms with Crippen molar-refractivity contribution < 1.29 is 9.59 Å². The molecule has 28 heavy (non-hydrogen) atoms. The van der Waals surface area contributed by atoms with Gasteiger partial charge in [0.2, 0.25) is 5.91 Å². The lowest BCUT2D eigenvalue weighted by molar-refractivity contribution is -0.125. The van der Waals surface area contributed by atoms with Crippen LogP contribution in [0.4, 0.5) is 0 Å². The number of carbonyl (C=O) groups excluding carboxylic acids is 2. The van der Waals surface area contributed by atoms with E-state index in [1.54, 1.807) is 23.1 Å². The van der Waals surface area contributed by atoms with Crippen molar-refractivity contribution in [2.24, 2.45) is 0 Å². The maximum Gasteiger partial charge on any atom is 0.251 e. The molecule has 0 saturated heterocycles. The summed E-state index contributed by atoms with van der Waals surface area (Å²) >= 11 is 0. The largest absolute Gasteiger partial charge is 0.349 e. The molecule has 0 spiro atoms. The number of rotatable bonds is 7. The van der Waals surface area contributed by atoms with E-state index >= 15 is 0 Å². The second kappa shape index (κ2) is 9.05. The molecule has 2 aromatic carbocycles. The average Bonchev–Trinajstić information content (AvgIpc) is 3.52. The van der Waals surface area contributed by atoms with Gasteiger partial charge < -0.3 is 10.2 Å². The van der Waals surface area contributed by atoms with E-state index < -0.39 is 0 Å². The molecule has 1 fully saturated rings. The molecule has 0 aromatic heterocycles. The molecule has 4 heteroatoms. The number of terminal acetylenes is 1. The van der Waals surface area contributed by atoms with Crippen molar-refractivity contribution in [1.82, 2.24) is 10.2 Å². The van der Waals surface area contributed by atoms with Crippen molar-refractivity contribution in [3.63, 3.8) is 0 Å². The fraction of sp³-hybridized carbons (Fsp3) is 0.250. The topological polar surface area (TPSA) is 49.4 Å². The van der Waals surface area contributed by atoms with E-state index in [2.05, 4.69) is 11.2 Å². The second-order valence-corrected chi connectivity index (χ2v) is 7.09. The van der Waals surface area contributed by atoms with Gasteiger partial charge in [-0.3, -0.25) is 9.59 Å². The highest BCUT2D eigenvalue weighted by molar-refractivity contribution is 5.95. The van der Waals surface area contributed by atoms with E-state index in [1.165, 1.54) is 11.6 Å². The Kier molecular flexibility index (Phi) is 6.29. The van der Waals surface area contributed by atoms with Crippen LogP contribution in [-0.2, 0) is 11.3 Å². The Balaban J connectivity index is 1.61. The molecule has 1 aliphatic carbocycles. The van der Waals surface area contributed by atoms with Crippen LogP contribution >= 0.6 is 0 Å². The normalized spacial score (nSPS) is 13.1. The molecule has 0 unspecified atom stereocenters. The molecule has 2 aromatic rings. The first-order chi connectivity index (χ1) is 13.5. The quantitative estimate of drug-likeness (QED) is 0.597. The molecule has 0 aliphatic heterocycles. The smallest absolute Gasteiger partial charge is 0.251 e. The van der Waals surface area contributed by atoms with Crippen LogP contribution in [0.3, 0.4) is 0 Å². The van der Waals surface area contributed by atoms with Crippen molar-refractivity contribution in [2.75, 3.05) is 6.54 Å². The Morgan fingerprint density at radius 2 is 1.82 bits per heavy atom. The van der Waals surface area contributed by atoms with Gasteiger partial charge in [-0.05, 0) is 49.1 Å². The van der Waals surface area contributed by atoms with Gasteiger partial charge in [0, 0.05) is 24.2 Å². The second-order valence-electron chi connectivity index (χ2n) is 7.09. The number of nitrogens with one attached hydrogen (secondary N) is 1. The summed E-state index contributed by atoms with van der Waals surface area (Å²) in [6.07, 6.45) is 10.8. The Morgan fingerprint density at radius 3 is 2.43 bits per heavy atom. The minimum atomic E-state index is -0.144. The Morgan fingerprint density at radius 1 is 1.14 bits per heavy atom. The molecule has 2 amide bonds. The molecule has 3 rings (SSSR count). The molecule has 142 valence electrons. The van der Waals surface area contributed by atoms with Crippen LogP contribution in [0.15, 0.2) is 54.6 Å². The van der Waals surface area contributed by atoms with E-state index in [9.17, 15) is 9.59 Å². The molecule has 0 atom stereocenters. The van der Waals surface area contributed by atoms with Gasteiger partial charge in [0.05, 0.1) is 6.54 Å². The van der Waals surface area contributed by atoms with Crippen LogP contribution in [0, 0.1) is 19.3 Å². The van der Waals surface area contributed by atoms with Crippen LogP contribution in [0.5, 0.6) is 0 Å². The predicted octanol–water partition coefficient (Wildman–Crippen LogP) is 3.56. The SMILES string of the molecule is C#CCN(Cc1ccc(C)cc1)C(=O)C=Cc1ccc(C(=O)NC2CC2)cc1. The monoisotopic (exact) mass is 372 g/mol. The summed E-state index contributed by atoms with van der Waals surface area (Å²) in [6.45, 7) is 2.74. The molecule has 0 heterocycles. The average molecular weight is 372 g/mol. The van der Waals surface area contributed by atoms with E-state index in [-0.39, 0.29) is 18.4 Å². The maximum atomic E-state index is 12.6. The lowest BCUT2D eigenvalue weighted by atomic mass is 10.1. The number of amides is 2. The highest BCUT2D eigenvalue weighted by atomic mass is 16.2. The van der Waals surface area contributed by atoms with Crippen molar-refractivity contribution in [3.05, 3.63) is 76.9 Å². The van der Waals surface area contributed by atoms with Gasteiger partial charge >= 0.3 is 0 Å². The third-order valence-corrected chi connectivity index (χ3v) is 4.59. The molecule has 1 aliphatic rings. The lowest BCUT2D eigenvalue weighted by Crippen LogP contribution is -2.29. The zero-order valence-corrected chi connectivity index (χ0v) is 16.0. The standard InChI is InChI=1S/C24H24N2O2/c1-3-16-26(17-20-6-4-18(2)5-7-20)23(27)15-10-19-8-11-21(12-9-19)24(28)25-22-13-14-22/h1,4-12,15,22H,13-14,16-17H2,2H3,(H,25,28). The summed E-state index contributed by atoms with van der Waals surface area (Å²) in [5, 5.41) is 2.96. The lowest BCUT2D eigenvalue weighted by Gasteiger charge is -2.18. The summed E-state index contributed by atoms with van der Waals surface area (Å²) < 4.78 is 0. The number of nitrogens with zero attached hydrogens (tertiary/aromatic N) is 1. The third kappa shape index (κ3) is 5.59. The summed E-state index contributed by atoms with van der Waals surface area (Å²) in [5.74, 6) is 2.35. The van der Waals surface area contributed by atoms with Crippen LogP contribution in [0.1, 0.15) is 39.9 Å². The van der Waals surface area contributed by atoms with Crippen LogP contribution < -0.4 is 5.32 Å². The van der Waals surface area contributed by atoms with Crippen molar-refractivity contribution >= 4 is 17.9 Å². The number of hydrogen-bond acceptors (Lipinski definition) is 2. The Labute approximate surface area is 166 Å². The van der Waals surface area contributed by atoms with Gasteiger partial charge in [0.15, 0.2) is 0 Å². The minimum Gasteiger partial charge on any atom is -0.349 e. The first-order valence-electron chi connectivity index (χ1n) is 9.42. The highest BCUT2D eigenvalue weighted by Crippen LogP contribution is 2.19. The molecular weight excluding hydrogens is 348 g/mol. The van der Waals surface area contributed by atoms with Gasteiger partial charge in [0.25, 0.3) is 5.91 Å². The first-order valence-corrected chi connectivity index (χ1v) is 9.42. The first kappa shape index (κ1) is 19.4. The fourth-order valence-corrected chi connectivity index (χ4v) is 2.75. The number of hydrogen-bond donors (Lipinski definition) is 1. The summed E-state index contributed by atoms with van der Waals surface area (Å²) in [6, 6.07) is 15.6. The van der Waals surface area contributed by atoms with Gasteiger partial charge in [-0.25, -0.2) is 0 Å². The van der Waals surface area contributed by atoms with Gasteiger partial charge in [-0.15, -0.1) is 6.42 Å². The summed E-state index contributed by atoms with van der Waals surface area (Å²) in [4.78, 5) is 26.2. The summed E-state index contributed by atoms with van der Waals surface area (Å²) in [7, 11) is 0. The third-order valence-electron chi connectivity index (χ3n) is 4.59. The van der Waals surface area contributed by atoms with Crippen LogP contribution in [-0.4, -0.2) is 29.3 Å². The zero-order chi connectivity index (χ0) is 19.9. The number of carbonyl (C=O) groups is 2. The molecule has 1 saturated carbocycles. The van der Waals surface area contributed by atoms with E-state index in [0.717, 1.165) is 24.0 Å².